The van der Waals surface area contributed by atoms with Crippen LogP contribution in [0.4, 0.5) is 4.79 Å². The van der Waals surface area contributed by atoms with E-state index in [1.54, 1.807) is 4.90 Å². The van der Waals surface area contributed by atoms with Gasteiger partial charge in [0.25, 0.3) is 0 Å². The second-order valence-electron chi connectivity index (χ2n) is 8.01. The topological polar surface area (TPSA) is 91.0 Å². The van der Waals surface area contributed by atoms with Gasteiger partial charge in [0, 0.05) is 38.6 Å². The molecule has 1 aromatic carbocycles. The fourth-order valence-corrected chi connectivity index (χ4v) is 4.34. The van der Waals surface area contributed by atoms with Crippen molar-refractivity contribution in [3.8, 4) is 0 Å². The molecule has 8 nitrogen and oxygen atoms in total. The van der Waals surface area contributed by atoms with Crippen LogP contribution in [0.25, 0.3) is 0 Å². The summed E-state index contributed by atoms with van der Waals surface area (Å²) in [6, 6.07) is 9.71. The van der Waals surface area contributed by atoms with Gasteiger partial charge in [-0.1, -0.05) is 30.3 Å². The fraction of sp³-hybridized carbons (Fsp3) is 0.571. The van der Waals surface area contributed by atoms with Crippen LogP contribution in [-0.2, 0) is 20.9 Å². The molecule has 3 saturated heterocycles. The Bertz CT molecular complexity index is 748. The number of carbonyl (C=O) groups is 3. The van der Waals surface area contributed by atoms with Gasteiger partial charge in [0.2, 0.25) is 11.8 Å². The Labute approximate surface area is 170 Å². The van der Waals surface area contributed by atoms with Crippen molar-refractivity contribution in [3.05, 3.63) is 35.9 Å². The molecule has 0 unspecified atom stereocenters. The van der Waals surface area contributed by atoms with Crippen molar-refractivity contribution in [2.24, 2.45) is 5.92 Å². The zero-order valence-corrected chi connectivity index (χ0v) is 16.5. The van der Waals surface area contributed by atoms with Crippen LogP contribution in [0.3, 0.4) is 0 Å². The number of nitrogens with one attached hydrogen (secondary N) is 2. The third-order valence-electron chi connectivity index (χ3n) is 6.04. The Morgan fingerprint density at radius 2 is 1.79 bits per heavy atom. The highest BCUT2D eigenvalue weighted by atomic mass is 16.5. The highest BCUT2D eigenvalue weighted by Gasteiger charge is 2.38. The third-order valence-corrected chi connectivity index (χ3v) is 6.04. The summed E-state index contributed by atoms with van der Waals surface area (Å²) < 4.78 is 5.55. The highest BCUT2D eigenvalue weighted by molar-refractivity contribution is 5.80. The molecule has 3 fully saturated rings. The number of amides is 4. The number of hydrogen-bond acceptors (Lipinski definition) is 4. The standard InChI is InChI=1S/C21H28N4O4/c26-19-14-29-18-8-11-25(13-17(18)23-19)21(28)24-9-6-16(7-10-24)20(27)22-12-15-4-2-1-3-5-15/h1-5,16-18H,6-14H2,(H,22,27)(H,23,26)/t17-,18+/m1/s1. The maximum atomic E-state index is 12.9. The van der Waals surface area contributed by atoms with Crippen LogP contribution in [0.5, 0.6) is 0 Å². The smallest absolute Gasteiger partial charge is 0.320 e. The number of hydrogen-bond donors (Lipinski definition) is 2. The predicted molar refractivity (Wildman–Crippen MR) is 106 cm³/mol. The van der Waals surface area contributed by atoms with E-state index in [4.69, 9.17) is 4.74 Å². The minimum absolute atomic E-state index is 0.00389. The lowest BCUT2D eigenvalue weighted by atomic mass is 9.95. The summed E-state index contributed by atoms with van der Waals surface area (Å²) in [4.78, 5) is 40.5. The number of carbonyl (C=O) groups excluding carboxylic acids is 3. The van der Waals surface area contributed by atoms with Crippen molar-refractivity contribution >= 4 is 17.8 Å². The van der Waals surface area contributed by atoms with E-state index in [1.165, 1.54) is 0 Å². The number of piperidine rings is 2. The molecule has 4 amide bonds. The number of fused-ring (bicyclic) bond motifs is 1. The van der Waals surface area contributed by atoms with Crippen molar-refractivity contribution in [1.82, 2.24) is 20.4 Å². The average Bonchev–Trinajstić information content (AvgIpc) is 2.77. The highest BCUT2D eigenvalue weighted by Crippen LogP contribution is 2.22. The lowest BCUT2D eigenvalue weighted by Crippen LogP contribution is -2.62. The van der Waals surface area contributed by atoms with E-state index in [2.05, 4.69) is 10.6 Å². The molecule has 0 radical (unpaired) electrons. The Hall–Kier alpha value is -2.61. The van der Waals surface area contributed by atoms with Gasteiger partial charge in [-0.2, -0.15) is 0 Å². The summed E-state index contributed by atoms with van der Waals surface area (Å²) in [5.41, 5.74) is 1.08. The predicted octanol–water partition coefficient (Wildman–Crippen LogP) is 0.724. The summed E-state index contributed by atoms with van der Waals surface area (Å²) >= 11 is 0. The van der Waals surface area contributed by atoms with Crippen LogP contribution < -0.4 is 10.6 Å². The molecule has 3 heterocycles. The minimum atomic E-state index is -0.129. The van der Waals surface area contributed by atoms with E-state index in [0.717, 1.165) is 12.0 Å². The van der Waals surface area contributed by atoms with E-state index >= 15 is 0 Å². The maximum absolute atomic E-state index is 12.9. The van der Waals surface area contributed by atoms with Crippen molar-refractivity contribution in [2.75, 3.05) is 32.8 Å². The Morgan fingerprint density at radius 1 is 1.07 bits per heavy atom. The first-order valence-electron chi connectivity index (χ1n) is 10.4. The second kappa shape index (κ2) is 8.82. The van der Waals surface area contributed by atoms with Crippen LogP contribution in [0.1, 0.15) is 24.8 Å². The van der Waals surface area contributed by atoms with Crippen LogP contribution in [0.2, 0.25) is 0 Å². The molecule has 2 atom stereocenters. The van der Waals surface area contributed by atoms with Crippen molar-refractivity contribution in [3.63, 3.8) is 0 Å². The SMILES string of the molecule is O=C1CO[C@H]2CCN(C(=O)N3CCC(C(=O)NCc4ccccc4)CC3)C[C@H]2N1. The fourth-order valence-electron chi connectivity index (χ4n) is 4.34. The second-order valence-corrected chi connectivity index (χ2v) is 8.01. The number of urea groups is 1. The van der Waals surface area contributed by atoms with Crippen molar-refractivity contribution in [1.29, 1.82) is 0 Å². The molecule has 4 rings (SSSR count). The van der Waals surface area contributed by atoms with Gasteiger partial charge >= 0.3 is 6.03 Å². The summed E-state index contributed by atoms with van der Waals surface area (Å²) in [7, 11) is 0. The van der Waals surface area contributed by atoms with Gasteiger partial charge in [-0.15, -0.1) is 0 Å². The van der Waals surface area contributed by atoms with Gasteiger partial charge in [-0.25, -0.2) is 4.79 Å². The molecule has 3 aliphatic heterocycles. The van der Waals surface area contributed by atoms with E-state index in [0.29, 0.717) is 45.6 Å². The zero-order chi connectivity index (χ0) is 20.2. The minimum Gasteiger partial charge on any atom is -0.366 e. The number of morpholine rings is 1. The number of ether oxygens (including phenoxy) is 1. The van der Waals surface area contributed by atoms with Crippen molar-refractivity contribution in [2.45, 2.75) is 38.0 Å². The largest absolute Gasteiger partial charge is 0.366 e. The van der Waals surface area contributed by atoms with Gasteiger partial charge in [0.1, 0.15) is 6.61 Å². The summed E-state index contributed by atoms with van der Waals surface area (Å²) in [5.74, 6) is -0.119. The molecule has 1 aromatic rings. The number of rotatable bonds is 3. The monoisotopic (exact) mass is 400 g/mol. The van der Waals surface area contributed by atoms with Crippen molar-refractivity contribution < 1.29 is 19.1 Å². The quantitative estimate of drug-likeness (QED) is 0.782. The molecule has 0 aliphatic carbocycles. The van der Waals surface area contributed by atoms with E-state index in [1.807, 2.05) is 35.2 Å². The molecule has 29 heavy (non-hydrogen) atoms. The molecule has 8 heteroatoms. The lowest BCUT2D eigenvalue weighted by molar-refractivity contribution is -0.139. The summed E-state index contributed by atoms with van der Waals surface area (Å²) in [5, 5.41) is 5.93. The van der Waals surface area contributed by atoms with E-state index < -0.39 is 0 Å². The molecule has 3 aliphatic rings. The molecular weight excluding hydrogens is 372 g/mol. The third kappa shape index (κ3) is 4.70. The Morgan fingerprint density at radius 3 is 2.55 bits per heavy atom. The molecule has 156 valence electrons. The Balaban J connectivity index is 1.23. The molecular formula is C21H28N4O4. The average molecular weight is 400 g/mol. The van der Waals surface area contributed by atoms with Gasteiger partial charge < -0.3 is 25.2 Å². The van der Waals surface area contributed by atoms with Gasteiger partial charge in [0.05, 0.1) is 12.1 Å². The maximum Gasteiger partial charge on any atom is 0.320 e. The molecule has 0 saturated carbocycles. The van der Waals surface area contributed by atoms with Crippen LogP contribution in [-0.4, -0.2) is 72.6 Å². The first-order valence-corrected chi connectivity index (χ1v) is 10.4. The van der Waals surface area contributed by atoms with E-state index in [9.17, 15) is 14.4 Å². The van der Waals surface area contributed by atoms with Crippen LogP contribution in [0, 0.1) is 5.92 Å². The van der Waals surface area contributed by atoms with Crippen LogP contribution >= 0.6 is 0 Å². The molecule has 0 spiro atoms. The van der Waals surface area contributed by atoms with E-state index in [-0.39, 0.29) is 42.5 Å². The molecule has 0 aromatic heterocycles. The summed E-state index contributed by atoms with van der Waals surface area (Å²) in [6.45, 7) is 2.91. The molecule has 0 bridgehead atoms. The van der Waals surface area contributed by atoms with Gasteiger partial charge in [-0.05, 0) is 24.8 Å². The summed E-state index contributed by atoms with van der Waals surface area (Å²) in [6.07, 6.45) is 2.07. The lowest BCUT2D eigenvalue weighted by Gasteiger charge is -2.43. The first kappa shape index (κ1) is 19.7. The number of nitrogens with zero attached hydrogens (tertiary/aromatic N) is 2. The zero-order valence-electron chi connectivity index (χ0n) is 16.5. The normalized spacial score (nSPS) is 25.2. The Kier molecular flexibility index (Phi) is 5.99. The molecule has 2 N–H and O–H groups in total. The van der Waals surface area contributed by atoms with Gasteiger partial charge in [-0.3, -0.25) is 9.59 Å². The number of benzene rings is 1. The first-order chi connectivity index (χ1) is 14.1. The van der Waals surface area contributed by atoms with Gasteiger partial charge in [0.15, 0.2) is 0 Å². The van der Waals surface area contributed by atoms with Crippen LogP contribution in [0.15, 0.2) is 30.3 Å². The number of likely N-dealkylation sites (tertiary alicyclic amines) is 2.